The Bertz CT molecular complexity index is 942. The number of unbranched alkanes of at least 4 members (excludes halogenated alkanes) is 1. The predicted octanol–water partition coefficient (Wildman–Crippen LogP) is 2.49. The van der Waals surface area contributed by atoms with Crippen LogP contribution in [-0.2, 0) is 28.5 Å². The van der Waals surface area contributed by atoms with Gasteiger partial charge in [-0.2, -0.15) is 0 Å². The van der Waals surface area contributed by atoms with Crippen LogP contribution in [0, 0.1) is 17.3 Å². The Morgan fingerprint density at radius 3 is 2.37 bits per heavy atom. The Morgan fingerprint density at radius 1 is 1.05 bits per heavy atom. The van der Waals surface area contributed by atoms with Gasteiger partial charge in [0.1, 0.15) is 0 Å². The summed E-state index contributed by atoms with van der Waals surface area (Å²) >= 11 is 0. The van der Waals surface area contributed by atoms with Crippen LogP contribution >= 0.6 is 0 Å². The Hall–Kier alpha value is -2.40. The molecule has 11 heteroatoms. The summed E-state index contributed by atoms with van der Waals surface area (Å²) < 4.78 is 13.0. The van der Waals surface area contributed by atoms with Crippen LogP contribution in [0.4, 0.5) is 0 Å². The summed E-state index contributed by atoms with van der Waals surface area (Å²) in [5, 5.41) is 14.5. The third-order valence-corrected chi connectivity index (χ3v) is 8.92. The number of carboxylic acids is 1. The molecule has 4 aliphatic rings. The lowest BCUT2D eigenvalue weighted by Gasteiger charge is -2.64. The summed E-state index contributed by atoms with van der Waals surface area (Å²) in [4.78, 5) is 48.0. The zero-order valence-corrected chi connectivity index (χ0v) is 23.2. The number of carbonyl (C=O) groups excluding carboxylic acids is 3. The van der Waals surface area contributed by atoms with Crippen molar-refractivity contribution in [2.45, 2.75) is 116 Å². The smallest absolute Gasteiger partial charge is 0.481 e. The van der Waals surface area contributed by atoms with Crippen LogP contribution in [0.5, 0.6) is 0 Å². The van der Waals surface area contributed by atoms with Gasteiger partial charge in [-0.05, 0) is 62.7 Å². The summed E-state index contributed by atoms with van der Waals surface area (Å²) in [6, 6.07) is -0.934. The Balaban J connectivity index is 1.61. The molecule has 3 aliphatic carbocycles. The number of nitrogens with one attached hydrogen (secondary N) is 2. The molecule has 0 aromatic carbocycles. The molecule has 38 heavy (non-hydrogen) atoms. The molecule has 3 saturated carbocycles. The topological polar surface area (TPSA) is 157 Å². The molecule has 0 aromatic rings. The Morgan fingerprint density at radius 2 is 1.76 bits per heavy atom. The second-order valence-corrected chi connectivity index (χ2v) is 12.1. The first-order valence-electron chi connectivity index (χ1n) is 13.8. The minimum Gasteiger partial charge on any atom is -0.481 e. The lowest BCUT2D eigenvalue weighted by Crippen LogP contribution is -2.65. The molecule has 2 amide bonds. The Kier molecular flexibility index (Phi) is 9.68. The molecule has 4 rings (SSSR count). The van der Waals surface area contributed by atoms with E-state index in [9.17, 15) is 19.2 Å². The van der Waals surface area contributed by atoms with E-state index in [0.29, 0.717) is 30.4 Å². The van der Waals surface area contributed by atoms with Crippen molar-refractivity contribution in [2.24, 2.45) is 23.0 Å². The number of nitrogens with two attached hydrogens (primary N) is 1. The molecule has 2 bridgehead atoms. The third kappa shape index (κ3) is 6.97. The fraction of sp³-hybridized carbons (Fsp3) is 0.778. The van der Waals surface area contributed by atoms with Crippen molar-refractivity contribution in [2.75, 3.05) is 0 Å². The number of aliphatic carboxylic acids is 1. The summed E-state index contributed by atoms with van der Waals surface area (Å²) in [6.45, 7) is 11.7. The number of rotatable bonds is 15. The van der Waals surface area contributed by atoms with Gasteiger partial charge in [-0.15, -0.1) is 0 Å². The average Bonchev–Trinajstić information content (AvgIpc) is 3.18. The van der Waals surface area contributed by atoms with E-state index >= 15 is 0 Å². The predicted molar refractivity (Wildman–Crippen MR) is 143 cm³/mol. The van der Waals surface area contributed by atoms with E-state index in [1.807, 2.05) is 0 Å². The molecule has 5 N–H and O–H groups in total. The fourth-order valence-corrected chi connectivity index (χ4v) is 6.58. The highest BCUT2D eigenvalue weighted by atomic mass is 16.7. The zero-order chi connectivity index (χ0) is 28.3. The van der Waals surface area contributed by atoms with Crippen molar-refractivity contribution in [1.82, 2.24) is 10.6 Å². The first kappa shape index (κ1) is 30.2. The maximum Gasteiger partial charge on any atom is 0.481 e. The molecule has 1 aliphatic heterocycles. The van der Waals surface area contributed by atoms with Gasteiger partial charge in [0.25, 0.3) is 0 Å². The van der Waals surface area contributed by atoms with E-state index in [1.165, 1.54) is 6.92 Å². The number of amides is 2. The van der Waals surface area contributed by atoms with Crippen LogP contribution in [0.3, 0.4) is 0 Å². The van der Waals surface area contributed by atoms with Crippen molar-refractivity contribution >= 4 is 30.7 Å². The van der Waals surface area contributed by atoms with Gasteiger partial charge in [0, 0.05) is 31.9 Å². The molecule has 1 heterocycles. The summed E-state index contributed by atoms with van der Waals surface area (Å²) in [7, 11) is -0.580. The first-order chi connectivity index (χ1) is 17.7. The molecule has 10 nitrogen and oxygen atoms in total. The first-order valence-corrected chi connectivity index (χ1v) is 13.8. The number of allylic oxidation sites excluding steroid dienone is 1. The van der Waals surface area contributed by atoms with Crippen molar-refractivity contribution in [3.63, 3.8) is 0 Å². The lowest BCUT2D eigenvalue weighted by molar-refractivity contribution is -0.199. The molecule has 1 unspecified atom stereocenters. The zero-order valence-electron chi connectivity index (χ0n) is 23.2. The van der Waals surface area contributed by atoms with Gasteiger partial charge < -0.3 is 30.8 Å². The van der Waals surface area contributed by atoms with Gasteiger partial charge in [-0.25, -0.2) is 0 Å². The van der Waals surface area contributed by atoms with E-state index in [2.05, 4.69) is 38.0 Å². The molecule has 4 fully saturated rings. The van der Waals surface area contributed by atoms with Gasteiger partial charge in [0.2, 0.25) is 11.8 Å². The number of Topliss-reactive ketones (excluding diaryl/α,β-unsaturated/α-hetero) is 1. The van der Waals surface area contributed by atoms with Gasteiger partial charge in [0.15, 0.2) is 5.78 Å². The maximum absolute atomic E-state index is 12.9. The Labute approximate surface area is 226 Å². The SMILES string of the molecule is C=C(N)CCCC[C@H](NC(=O)CCC(=O)[C@H](CCC(=O)O)NC(C)=O)B1OC2C[C@@H]3C[C@@H](C3(C)C)[C@]2(C)O1. The lowest BCUT2D eigenvalue weighted by atomic mass is 9.43. The molecular weight excluding hydrogens is 489 g/mol. The van der Waals surface area contributed by atoms with Gasteiger partial charge in [-0.1, -0.05) is 26.8 Å². The highest BCUT2D eigenvalue weighted by Crippen LogP contribution is 2.65. The normalized spacial score (nSPS) is 28.4. The molecule has 1 saturated heterocycles. The van der Waals surface area contributed by atoms with E-state index in [4.69, 9.17) is 20.1 Å². The quantitative estimate of drug-likeness (QED) is 0.185. The van der Waals surface area contributed by atoms with E-state index in [1.54, 1.807) is 0 Å². The minimum atomic E-state index is -1.06. The summed E-state index contributed by atoms with van der Waals surface area (Å²) in [5.41, 5.74) is 6.13. The van der Waals surface area contributed by atoms with Gasteiger partial charge in [-0.3, -0.25) is 19.2 Å². The van der Waals surface area contributed by atoms with E-state index < -0.39 is 30.6 Å². The van der Waals surface area contributed by atoms with Gasteiger partial charge in [0.05, 0.1) is 23.7 Å². The van der Waals surface area contributed by atoms with Crippen LogP contribution < -0.4 is 16.4 Å². The minimum absolute atomic E-state index is 0.0123. The van der Waals surface area contributed by atoms with Crippen LogP contribution in [0.1, 0.15) is 91.9 Å². The fourth-order valence-electron chi connectivity index (χ4n) is 6.58. The highest BCUT2D eigenvalue weighted by Gasteiger charge is 2.68. The second-order valence-electron chi connectivity index (χ2n) is 12.1. The van der Waals surface area contributed by atoms with Crippen LogP contribution in [0.25, 0.3) is 0 Å². The number of hydrogen-bond acceptors (Lipinski definition) is 7. The highest BCUT2D eigenvalue weighted by molar-refractivity contribution is 6.47. The number of hydrogen-bond donors (Lipinski definition) is 4. The number of carbonyl (C=O) groups is 4. The largest absolute Gasteiger partial charge is 0.481 e. The van der Waals surface area contributed by atoms with Crippen LogP contribution in [0.15, 0.2) is 12.3 Å². The van der Waals surface area contributed by atoms with Crippen molar-refractivity contribution in [1.29, 1.82) is 0 Å². The number of carboxylic acid groups (broad SMARTS) is 1. The molecule has 0 radical (unpaired) electrons. The van der Waals surface area contributed by atoms with Crippen molar-refractivity contribution in [3.8, 4) is 0 Å². The van der Waals surface area contributed by atoms with Gasteiger partial charge >= 0.3 is 13.1 Å². The monoisotopic (exact) mass is 533 g/mol. The molecule has 0 spiro atoms. The molecular formula is C27H44BN3O7. The van der Waals surface area contributed by atoms with Crippen molar-refractivity contribution in [3.05, 3.63) is 12.3 Å². The standard InChI is InChI=1S/C27H44BN3O7/c1-16(29)8-6-7-9-23(28-37-22-15-18-14-21(26(18,3)4)27(22,5)38-28)31-24(34)12-11-20(33)19(30-17(2)32)10-13-25(35)36/h18-19,21-23H,1,6-15,29H2,2-5H3,(H,30,32)(H,31,34)(H,35,36)/t18-,19-,21-,22?,23-,27-/m0/s1. The van der Waals surface area contributed by atoms with E-state index in [0.717, 1.165) is 25.7 Å². The molecule has 212 valence electrons. The van der Waals surface area contributed by atoms with Crippen molar-refractivity contribution < 1.29 is 33.6 Å². The molecule has 6 atom stereocenters. The third-order valence-electron chi connectivity index (χ3n) is 8.92. The van der Waals surface area contributed by atoms with Crippen LogP contribution in [-0.4, -0.2) is 59.5 Å². The second kappa shape index (κ2) is 12.2. The number of ketones is 1. The average molecular weight is 533 g/mol. The van der Waals surface area contributed by atoms with E-state index in [-0.39, 0.29) is 54.8 Å². The maximum atomic E-state index is 12.9. The summed E-state index contributed by atoms with van der Waals surface area (Å²) in [6.07, 6.45) is 4.54. The molecule has 0 aromatic heterocycles. The van der Waals surface area contributed by atoms with Crippen LogP contribution in [0.2, 0.25) is 0 Å². The summed E-state index contributed by atoms with van der Waals surface area (Å²) in [5.74, 6) is -1.55.